The van der Waals surface area contributed by atoms with E-state index in [0.29, 0.717) is 53.0 Å². The number of benzene rings is 2. The zero-order chi connectivity index (χ0) is 24.2. The van der Waals surface area contributed by atoms with E-state index in [9.17, 15) is 9.59 Å². The van der Waals surface area contributed by atoms with Crippen LogP contribution in [0.25, 0.3) is 6.08 Å². The van der Waals surface area contributed by atoms with Gasteiger partial charge in [-0.1, -0.05) is 0 Å². The minimum Gasteiger partial charge on any atom is -0.493 e. The van der Waals surface area contributed by atoms with E-state index < -0.39 is 0 Å². The summed E-state index contributed by atoms with van der Waals surface area (Å²) in [5.74, 6) is 2.10. The molecule has 2 heterocycles. The van der Waals surface area contributed by atoms with Crippen LogP contribution in [0.3, 0.4) is 0 Å². The first-order chi connectivity index (χ1) is 16.4. The monoisotopic (exact) mass is 468 g/mol. The number of nitrogens with zero attached hydrogens (tertiary/aromatic N) is 2. The van der Waals surface area contributed by atoms with Crippen LogP contribution >= 0.6 is 0 Å². The molecular formula is C25H28N2O7. The van der Waals surface area contributed by atoms with Gasteiger partial charge in [0.2, 0.25) is 11.5 Å². The number of ketones is 1. The highest BCUT2D eigenvalue weighted by molar-refractivity contribution is 6.14. The fourth-order valence-corrected chi connectivity index (χ4v) is 3.89. The van der Waals surface area contributed by atoms with Crippen molar-refractivity contribution in [1.82, 2.24) is 9.80 Å². The molecule has 0 aliphatic carbocycles. The van der Waals surface area contributed by atoms with E-state index in [1.54, 1.807) is 41.3 Å². The van der Waals surface area contributed by atoms with Gasteiger partial charge >= 0.3 is 0 Å². The van der Waals surface area contributed by atoms with E-state index in [2.05, 4.69) is 4.90 Å². The van der Waals surface area contributed by atoms with E-state index in [-0.39, 0.29) is 24.1 Å². The number of amides is 1. The number of carbonyl (C=O) groups is 2. The number of hydrogen-bond donors (Lipinski definition) is 0. The highest BCUT2D eigenvalue weighted by Gasteiger charge is 2.28. The molecule has 4 rings (SSSR count). The van der Waals surface area contributed by atoms with E-state index in [1.807, 2.05) is 7.05 Å². The Morgan fingerprint density at radius 1 is 1.00 bits per heavy atom. The highest BCUT2D eigenvalue weighted by atomic mass is 16.5. The first-order valence-corrected chi connectivity index (χ1v) is 10.9. The number of methoxy groups -OCH3 is 3. The minimum absolute atomic E-state index is 0.0615. The van der Waals surface area contributed by atoms with Crippen LogP contribution in [0, 0.1) is 0 Å². The van der Waals surface area contributed by atoms with Crippen molar-refractivity contribution in [2.75, 3.05) is 61.2 Å². The van der Waals surface area contributed by atoms with Gasteiger partial charge in [-0.15, -0.1) is 0 Å². The number of Topliss-reactive ketones (excluding diaryl/α,β-unsaturated/α-hetero) is 1. The van der Waals surface area contributed by atoms with Gasteiger partial charge in [-0.2, -0.15) is 0 Å². The van der Waals surface area contributed by atoms with Crippen LogP contribution in [0.15, 0.2) is 36.1 Å². The van der Waals surface area contributed by atoms with Crippen molar-refractivity contribution in [2.45, 2.75) is 0 Å². The number of piperazine rings is 1. The first-order valence-electron chi connectivity index (χ1n) is 10.9. The number of hydrogen-bond acceptors (Lipinski definition) is 8. The summed E-state index contributed by atoms with van der Waals surface area (Å²) in [4.78, 5) is 29.3. The Kier molecular flexibility index (Phi) is 6.93. The standard InChI is InChI=1S/C25H28N2O7/c1-26-7-9-27(10-8-26)23(28)15-33-17-5-6-18-19(14-17)34-20(24(18)29)11-16-12-21(30-2)25(32-4)22(13-16)31-3/h5-6,11-14H,7-10,15H2,1-4H3. The van der Waals surface area contributed by atoms with E-state index in [1.165, 1.54) is 21.3 Å². The SMILES string of the molecule is COc1cc(C=C2Oc3cc(OCC(=O)N4CCN(C)CC4)ccc3C2=O)cc(OC)c1OC. The molecule has 2 aliphatic rings. The average Bonchev–Trinajstić information content (AvgIpc) is 3.16. The van der Waals surface area contributed by atoms with E-state index >= 15 is 0 Å². The van der Waals surface area contributed by atoms with Crippen LogP contribution < -0.4 is 23.7 Å². The summed E-state index contributed by atoms with van der Waals surface area (Å²) in [5.41, 5.74) is 1.08. The van der Waals surface area contributed by atoms with Gasteiger partial charge in [-0.3, -0.25) is 9.59 Å². The second kappa shape index (κ2) is 10.0. The molecule has 1 amide bonds. The molecule has 0 radical (unpaired) electrons. The summed E-state index contributed by atoms with van der Waals surface area (Å²) in [6.07, 6.45) is 1.62. The van der Waals surface area contributed by atoms with Crippen molar-refractivity contribution in [2.24, 2.45) is 0 Å². The molecular weight excluding hydrogens is 440 g/mol. The maximum absolute atomic E-state index is 12.9. The van der Waals surface area contributed by atoms with Crippen molar-refractivity contribution >= 4 is 17.8 Å². The van der Waals surface area contributed by atoms with Crippen LogP contribution in [0.4, 0.5) is 0 Å². The zero-order valence-electron chi connectivity index (χ0n) is 19.8. The molecule has 0 aromatic heterocycles. The lowest BCUT2D eigenvalue weighted by Gasteiger charge is -2.32. The minimum atomic E-state index is -0.246. The Labute approximate surface area is 198 Å². The Bertz CT molecular complexity index is 1100. The molecule has 2 aromatic carbocycles. The van der Waals surface area contributed by atoms with Gasteiger partial charge in [0.15, 0.2) is 23.9 Å². The van der Waals surface area contributed by atoms with Crippen LogP contribution in [-0.2, 0) is 4.79 Å². The van der Waals surface area contributed by atoms with E-state index in [0.717, 1.165) is 13.1 Å². The van der Waals surface area contributed by atoms with Gasteiger partial charge in [-0.05, 0) is 43.0 Å². The molecule has 180 valence electrons. The Hall–Kier alpha value is -3.72. The van der Waals surface area contributed by atoms with Crippen LogP contribution in [0.1, 0.15) is 15.9 Å². The second-order valence-electron chi connectivity index (χ2n) is 8.03. The Balaban J connectivity index is 1.47. The molecule has 0 spiro atoms. The Morgan fingerprint density at radius 3 is 2.29 bits per heavy atom. The van der Waals surface area contributed by atoms with Gasteiger partial charge in [-0.25, -0.2) is 0 Å². The molecule has 34 heavy (non-hydrogen) atoms. The topological polar surface area (TPSA) is 86.8 Å². The number of rotatable bonds is 7. The largest absolute Gasteiger partial charge is 0.493 e. The fraction of sp³-hybridized carbons (Fsp3) is 0.360. The lowest BCUT2D eigenvalue weighted by molar-refractivity contribution is -0.134. The summed E-state index contributed by atoms with van der Waals surface area (Å²) in [6, 6.07) is 8.39. The molecule has 1 fully saturated rings. The average molecular weight is 469 g/mol. The molecule has 1 saturated heterocycles. The normalized spacial score (nSPS) is 16.8. The molecule has 0 unspecified atom stereocenters. The third-order valence-corrected chi connectivity index (χ3v) is 5.84. The maximum atomic E-state index is 12.9. The van der Waals surface area contributed by atoms with Crippen molar-refractivity contribution in [1.29, 1.82) is 0 Å². The zero-order valence-corrected chi connectivity index (χ0v) is 19.8. The lowest BCUT2D eigenvalue weighted by Crippen LogP contribution is -2.48. The number of carbonyl (C=O) groups excluding carboxylic acids is 2. The van der Waals surface area contributed by atoms with Gasteiger partial charge in [0, 0.05) is 32.2 Å². The molecule has 0 N–H and O–H groups in total. The van der Waals surface area contributed by atoms with E-state index in [4.69, 9.17) is 23.7 Å². The molecule has 0 bridgehead atoms. The third-order valence-electron chi connectivity index (χ3n) is 5.84. The summed E-state index contributed by atoms with van der Waals surface area (Å²) in [7, 11) is 6.61. The summed E-state index contributed by atoms with van der Waals surface area (Å²) < 4.78 is 27.6. The van der Waals surface area contributed by atoms with Crippen molar-refractivity contribution < 1.29 is 33.3 Å². The second-order valence-corrected chi connectivity index (χ2v) is 8.03. The molecule has 0 saturated carbocycles. The maximum Gasteiger partial charge on any atom is 0.260 e. The van der Waals surface area contributed by atoms with Crippen LogP contribution in [0.5, 0.6) is 28.7 Å². The molecule has 9 nitrogen and oxygen atoms in total. The molecule has 2 aliphatic heterocycles. The van der Waals surface area contributed by atoms with Crippen molar-refractivity contribution in [3.05, 3.63) is 47.2 Å². The fourth-order valence-electron chi connectivity index (χ4n) is 3.89. The first kappa shape index (κ1) is 23.4. The predicted octanol–water partition coefficient (Wildman–Crippen LogP) is 2.48. The number of allylic oxidation sites excluding steroid dienone is 1. The molecule has 0 atom stereocenters. The molecule has 9 heteroatoms. The smallest absolute Gasteiger partial charge is 0.260 e. The summed E-state index contributed by atoms with van der Waals surface area (Å²) in [6.45, 7) is 3.01. The van der Waals surface area contributed by atoms with Crippen molar-refractivity contribution in [3.63, 3.8) is 0 Å². The Morgan fingerprint density at radius 2 is 1.68 bits per heavy atom. The highest BCUT2D eigenvalue weighted by Crippen LogP contribution is 2.40. The quantitative estimate of drug-likeness (QED) is 0.573. The summed E-state index contributed by atoms with van der Waals surface area (Å²) >= 11 is 0. The van der Waals surface area contributed by atoms with Gasteiger partial charge < -0.3 is 33.5 Å². The summed E-state index contributed by atoms with van der Waals surface area (Å²) in [5, 5.41) is 0. The predicted molar refractivity (Wildman–Crippen MR) is 125 cm³/mol. The van der Waals surface area contributed by atoms with Crippen molar-refractivity contribution in [3.8, 4) is 28.7 Å². The lowest BCUT2D eigenvalue weighted by atomic mass is 10.1. The van der Waals surface area contributed by atoms with Gasteiger partial charge in [0.05, 0.1) is 26.9 Å². The van der Waals surface area contributed by atoms with Crippen LogP contribution in [-0.4, -0.2) is 82.7 Å². The number of fused-ring (bicyclic) bond motifs is 1. The number of likely N-dealkylation sites (N-methyl/N-ethyl adjacent to an activating group) is 1. The third kappa shape index (κ3) is 4.79. The van der Waals surface area contributed by atoms with Gasteiger partial charge in [0.1, 0.15) is 11.5 Å². The van der Waals surface area contributed by atoms with Crippen LogP contribution in [0.2, 0.25) is 0 Å². The number of ether oxygens (including phenoxy) is 5. The van der Waals surface area contributed by atoms with Gasteiger partial charge in [0.25, 0.3) is 5.91 Å². The molecule has 2 aromatic rings.